The zero-order valence-corrected chi connectivity index (χ0v) is 15.5. The van der Waals surface area contributed by atoms with Gasteiger partial charge in [0.25, 0.3) is 0 Å². The molecule has 6 nitrogen and oxygen atoms in total. The summed E-state index contributed by atoms with van der Waals surface area (Å²) in [7, 11) is 1.93. The molecule has 0 amide bonds. The summed E-state index contributed by atoms with van der Waals surface area (Å²) < 4.78 is 1.82. The Labute approximate surface area is 150 Å². The summed E-state index contributed by atoms with van der Waals surface area (Å²) in [6, 6.07) is 0.0973. The van der Waals surface area contributed by atoms with Crippen LogP contribution in [0.1, 0.15) is 41.8 Å². The van der Waals surface area contributed by atoms with Crippen LogP contribution in [0.5, 0.6) is 0 Å². The quantitative estimate of drug-likeness (QED) is 0.733. The second-order valence-corrected chi connectivity index (χ2v) is 8.05. The summed E-state index contributed by atoms with van der Waals surface area (Å²) in [5, 5.41) is 18.9. The molecular weight excluding hydrogens is 334 g/mol. The van der Waals surface area contributed by atoms with Gasteiger partial charge in [-0.05, 0) is 37.7 Å². The molecule has 25 heavy (non-hydrogen) atoms. The minimum Gasteiger partial charge on any atom is -0.393 e. The van der Waals surface area contributed by atoms with Gasteiger partial charge in [-0.15, -0.1) is 11.3 Å². The second kappa shape index (κ2) is 6.38. The minimum absolute atomic E-state index is 0.0973. The average molecular weight is 357 g/mol. The first-order chi connectivity index (χ1) is 12.1. The second-order valence-electron chi connectivity index (χ2n) is 6.85. The maximum absolute atomic E-state index is 9.77. The average Bonchev–Trinajstić information content (AvgIpc) is 3.12. The van der Waals surface area contributed by atoms with E-state index >= 15 is 0 Å². The summed E-state index contributed by atoms with van der Waals surface area (Å²) in [6.07, 6.45) is 7.98. The van der Waals surface area contributed by atoms with Crippen molar-refractivity contribution < 1.29 is 5.11 Å². The summed E-state index contributed by atoms with van der Waals surface area (Å²) >= 11 is 1.73. The standard InChI is InChI=1S/C18H23N5OS/c1-4-14-10(2)25-18-15(14)17(19-9-20-18)22-16(11-5-13(24)6-11)12-7-21-23(3)8-12/h7-9,11,13,16,24H,4-6H2,1-3H3,(H,19,20,22). The fraction of sp³-hybridized carbons (Fsp3) is 0.500. The third kappa shape index (κ3) is 2.91. The molecule has 3 aromatic heterocycles. The molecule has 1 aliphatic rings. The number of nitrogens with zero attached hydrogens (tertiary/aromatic N) is 4. The molecular formula is C18H23N5OS. The molecule has 1 aliphatic carbocycles. The van der Waals surface area contributed by atoms with E-state index in [1.54, 1.807) is 17.7 Å². The summed E-state index contributed by atoms with van der Waals surface area (Å²) in [6.45, 7) is 4.32. The van der Waals surface area contributed by atoms with Gasteiger partial charge >= 0.3 is 0 Å². The van der Waals surface area contributed by atoms with Crippen LogP contribution in [-0.4, -0.2) is 31.0 Å². The van der Waals surface area contributed by atoms with Crippen LogP contribution < -0.4 is 5.32 Å². The molecule has 1 saturated carbocycles. The molecule has 0 saturated heterocycles. The van der Waals surface area contributed by atoms with Gasteiger partial charge in [0.1, 0.15) is 17.0 Å². The van der Waals surface area contributed by atoms with Crippen molar-refractivity contribution in [1.29, 1.82) is 0 Å². The Balaban J connectivity index is 1.74. The molecule has 0 aliphatic heterocycles. The molecule has 0 spiro atoms. The van der Waals surface area contributed by atoms with E-state index in [4.69, 9.17) is 0 Å². The number of thiophene rings is 1. The Morgan fingerprint density at radius 3 is 2.84 bits per heavy atom. The lowest BCUT2D eigenvalue weighted by Gasteiger charge is -2.38. The lowest BCUT2D eigenvalue weighted by atomic mass is 9.75. The van der Waals surface area contributed by atoms with Gasteiger partial charge in [-0.1, -0.05) is 6.92 Å². The Kier molecular flexibility index (Phi) is 4.21. The Hall–Kier alpha value is -1.99. The zero-order valence-electron chi connectivity index (χ0n) is 14.7. The fourth-order valence-corrected chi connectivity index (χ4v) is 4.84. The maximum Gasteiger partial charge on any atom is 0.138 e. The van der Waals surface area contributed by atoms with E-state index in [9.17, 15) is 5.11 Å². The highest BCUT2D eigenvalue weighted by atomic mass is 32.1. The number of nitrogens with one attached hydrogen (secondary N) is 1. The van der Waals surface area contributed by atoms with Crippen LogP contribution in [0.4, 0.5) is 5.82 Å². The van der Waals surface area contributed by atoms with Crippen LogP contribution in [0.15, 0.2) is 18.7 Å². The van der Waals surface area contributed by atoms with Gasteiger partial charge in [-0.25, -0.2) is 9.97 Å². The fourth-order valence-electron chi connectivity index (χ4n) is 3.76. The lowest BCUT2D eigenvalue weighted by molar-refractivity contribution is 0.0339. The van der Waals surface area contributed by atoms with Crippen molar-refractivity contribution in [3.63, 3.8) is 0 Å². The molecule has 1 atom stereocenters. The number of hydrogen-bond acceptors (Lipinski definition) is 6. The van der Waals surface area contributed by atoms with E-state index in [1.807, 2.05) is 24.1 Å². The highest BCUT2D eigenvalue weighted by Crippen LogP contribution is 2.41. The van der Waals surface area contributed by atoms with Crippen molar-refractivity contribution in [2.24, 2.45) is 13.0 Å². The minimum atomic E-state index is -0.189. The van der Waals surface area contributed by atoms with Crippen molar-refractivity contribution in [1.82, 2.24) is 19.7 Å². The van der Waals surface area contributed by atoms with Crippen LogP contribution in [-0.2, 0) is 13.5 Å². The number of aryl methyl sites for hydroxylation is 3. The van der Waals surface area contributed by atoms with Crippen molar-refractivity contribution in [3.05, 3.63) is 34.7 Å². The van der Waals surface area contributed by atoms with Gasteiger partial charge in [0.15, 0.2) is 0 Å². The van der Waals surface area contributed by atoms with Gasteiger partial charge < -0.3 is 10.4 Å². The Morgan fingerprint density at radius 1 is 1.40 bits per heavy atom. The maximum atomic E-state index is 9.77. The predicted octanol–water partition coefficient (Wildman–Crippen LogP) is 3.22. The van der Waals surface area contributed by atoms with Crippen LogP contribution >= 0.6 is 11.3 Å². The van der Waals surface area contributed by atoms with Crippen molar-refractivity contribution in [2.75, 3.05) is 5.32 Å². The van der Waals surface area contributed by atoms with E-state index in [-0.39, 0.29) is 12.1 Å². The molecule has 3 heterocycles. The summed E-state index contributed by atoms with van der Waals surface area (Å²) in [4.78, 5) is 11.3. The van der Waals surface area contributed by atoms with E-state index in [0.29, 0.717) is 5.92 Å². The van der Waals surface area contributed by atoms with E-state index in [0.717, 1.165) is 40.9 Å². The van der Waals surface area contributed by atoms with E-state index in [2.05, 4.69) is 34.2 Å². The van der Waals surface area contributed by atoms with Crippen molar-refractivity contribution >= 4 is 27.4 Å². The number of hydrogen-bond donors (Lipinski definition) is 2. The molecule has 0 bridgehead atoms. The molecule has 0 radical (unpaired) electrons. The number of aromatic nitrogens is 4. The van der Waals surface area contributed by atoms with Crippen LogP contribution in [0.3, 0.4) is 0 Å². The first-order valence-corrected chi connectivity index (χ1v) is 9.54. The Bertz CT molecular complexity index is 896. The number of fused-ring (bicyclic) bond motifs is 1. The molecule has 0 aromatic carbocycles. The van der Waals surface area contributed by atoms with E-state index < -0.39 is 0 Å². The Morgan fingerprint density at radius 2 is 2.20 bits per heavy atom. The number of anilines is 1. The van der Waals surface area contributed by atoms with E-state index in [1.165, 1.54) is 10.4 Å². The van der Waals surface area contributed by atoms with Gasteiger partial charge in [-0.2, -0.15) is 5.10 Å². The molecule has 4 rings (SSSR count). The first kappa shape index (κ1) is 16.5. The van der Waals surface area contributed by atoms with Gasteiger partial charge in [0.05, 0.1) is 23.7 Å². The van der Waals surface area contributed by atoms with Gasteiger partial charge in [0, 0.05) is 23.7 Å². The molecule has 3 aromatic rings. The summed E-state index contributed by atoms with van der Waals surface area (Å²) in [5.41, 5.74) is 2.46. The first-order valence-electron chi connectivity index (χ1n) is 8.73. The van der Waals surface area contributed by atoms with Crippen LogP contribution in [0.2, 0.25) is 0 Å². The molecule has 7 heteroatoms. The molecule has 1 fully saturated rings. The zero-order chi connectivity index (χ0) is 17.6. The highest BCUT2D eigenvalue weighted by molar-refractivity contribution is 7.18. The monoisotopic (exact) mass is 357 g/mol. The van der Waals surface area contributed by atoms with Gasteiger partial charge in [-0.3, -0.25) is 4.68 Å². The third-order valence-corrected chi connectivity index (χ3v) is 6.20. The molecule has 1 unspecified atom stereocenters. The van der Waals surface area contributed by atoms with Crippen LogP contribution in [0.25, 0.3) is 10.2 Å². The SMILES string of the molecule is CCc1c(C)sc2ncnc(NC(c3cnn(C)c3)C3CC(O)C3)c12. The number of rotatable bonds is 5. The summed E-state index contributed by atoms with van der Waals surface area (Å²) in [5.74, 6) is 1.27. The number of aliphatic hydroxyl groups is 1. The number of aliphatic hydroxyl groups excluding tert-OH is 1. The van der Waals surface area contributed by atoms with Gasteiger partial charge in [0.2, 0.25) is 0 Å². The van der Waals surface area contributed by atoms with Crippen molar-refractivity contribution in [2.45, 2.75) is 45.3 Å². The molecule has 2 N–H and O–H groups in total. The highest BCUT2D eigenvalue weighted by Gasteiger charge is 2.36. The normalized spacial score (nSPS) is 21.3. The molecule has 132 valence electrons. The predicted molar refractivity (Wildman–Crippen MR) is 99.8 cm³/mol. The topological polar surface area (TPSA) is 75.9 Å². The lowest BCUT2D eigenvalue weighted by Crippen LogP contribution is -2.36. The van der Waals surface area contributed by atoms with Crippen LogP contribution in [0, 0.1) is 12.8 Å². The smallest absolute Gasteiger partial charge is 0.138 e. The third-order valence-electron chi connectivity index (χ3n) is 5.14. The van der Waals surface area contributed by atoms with Crippen molar-refractivity contribution in [3.8, 4) is 0 Å². The largest absolute Gasteiger partial charge is 0.393 e.